The molecule has 3 aliphatic rings. The maximum Gasteiger partial charge on any atom is 0.243 e. The second-order valence-electron chi connectivity index (χ2n) is 7.62. The van der Waals surface area contributed by atoms with Crippen LogP contribution in [0.5, 0.6) is 0 Å². The smallest absolute Gasteiger partial charge is 0.243 e. The summed E-state index contributed by atoms with van der Waals surface area (Å²) in [7, 11) is -1.55. The second kappa shape index (κ2) is 8.17. The molecule has 0 spiro atoms. The minimum Gasteiger partial charge on any atom is -0.322 e. The minimum absolute atomic E-state index is 0.149. The fourth-order valence-electron chi connectivity index (χ4n) is 3.74. The first kappa shape index (κ1) is 20.9. The zero-order chi connectivity index (χ0) is 21.6. The number of nitrogens with one attached hydrogen (secondary N) is 1. The summed E-state index contributed by atoms with van der Waals surface area (Å²) < 4.78 is 28.3. The zero-order valence-electron chi connectivity index (χ0n) is 16.9. The van der Waals surface area contributed by atoms with Crippen LogP contribution in [0.3, 0.4) is 0 Å². The van der Waals surface area contributed by atoms with Crippen molar-refractivity contribution in [1.29, 1.82) is 0 Å². The minimum atomic E-state index is -3.54. The zero-order valence-corrected chi connectivity index (χ0v) is 19.4. The van der Waals surface area contributed by atoms with Crippen molar-refractivity contribution in [3.63, 3.8) is 0 Å². The molecule has 1 amide bonds. The van der Waals surface area contributed by atoms with Crippen molar-refractivity contribution in [2.24, 2.45) is 4.99 Å². The van der Waals surface area contributed by atoms with Crippen LogP contribution in [0.2, 0.25) is 0 Å². The monoisotopic (exact) mass is 478 g/mol. The lowest BCUT2D eigenvalue weighted by atomic mass is 10.3. The molecule has 1 fully saturated rings. The number of sulfonamides is 1. The van der Waals surface area contributed by atoms with Crippen molar-refractivity contribution < 1.29 is 13.2 Å². The molecule has 1 N–H and O–H groups in total. The number of thiazole rings is 1. The average molecular weight is 479 g/mol. The Labute approximate surface area is 188 Å². The SMILES string of the molecule is CN1CCN(S(=O)(=O)c2ccc3nc(NC(=O)CC4=CSC5=NCCN45)sc3c2)CC1. The molecular formula is C19H22N6O3S3. The summed E-state index contributed by atoms with van der Waals surface area (Å²) >= 11 is 2.83. The van der Waals surface area contributed by atoms with E-state index in [1.807, 2.05) is 12.5 Å². The Kier molecular flexibility index (Phi) is 5.51. The number of amidine groups is 1. The van der Waals surface area contributed by atoms with Crippen LogP contribution in [0.15, 0.2) is 39.2 Å². The Morgan fingerprint density at radius 2 is 2.00 bits per heavy atom. The molecule has 0 radical (unpaired) electrons. The number of benzene rings is 1. The highest BCUT2D eigenvalue weighted by Gasteiger charge is 2.29. The number of anilines is 1. The van der Waals surface area contributed by atoms with Crippen LogP contribution in [0.1, 0.15) is 6.42 Å². The van der Waals surface area contributed by atoms with E-state index in [1.165, 1.54) is 15.6 Å². The van der Waals surface area contributed by atoms with E-state index in [0.29, 0.717) is 23.7 Å². The van der Waals surface area contributed by atoms with Crippen molar-refractivity contribution in [1.82, 2.24) is 19.1 Å². The van der Waals surface area contributed by atoms with E-state index in [-0.39, 0.29) is 17.2 Å². The van der Waals surface area contributed by atoms with Crippen LogP contribution in [0, 0.1) is 0 Å². The van der Waals surface area contributed by atoms with Crippen LogP contribution < -0.4 is 5.32 Å². The molecular weight excluding hydrogens is 456 g/mol. The lowest BCUT2D eigenvalue weighted by Gasteiger charge is -2.31. The van der Waals surface area contributed by atoms with Gasteiger partial charge in [-0.2, -0.15) is 4.31 Å². The Hall–Kier alpha value is -1.99. The molecule has 4 heterocycles. The van der Waals surface area contributed by atoms with E-state index in [1.54, 1.807) is 30.0 Å². The predicted molar refractivity (Wildman–Crippen MR) is 124 cm³/mol. The van der Waals surface area contributed by atoms with Gasteiger partial charge in [-0.25, -0.2) is 13.4 Å². The highest BCUT2D eigenvalue weighted by molar-refractivity contribution is 8.16. The summed E-state index contributed by atoms with van der Waals surface area (Å²) in [6, 6.07) is 4.95. The number of aromatic nitrogens is 1. The molecule has 2 aromatic rings. The van der Waals surface area contributed by atoms with Gasteiger partial charge in [-0.05, 0) is 30.7 Å². The van der Waals surface area contributed by atoms with Gasteiger partial charge >= 0.3 is 0 Å². The van der Waals surface area contributed by atoms with Gasteiger partial charge in [-0.15, -0.1) is 0 Å². The van der Waals surface area contributed by atoms with E-state index in [9.17, 15) is 13.2 Å². The lowest BCUT2D eigenvalue weighted by molar-refractivity contribution is -0.115. The first-order valence-electron chi connectivity index (χ1n) is 9.97. The summed E-state index contributed by atoms with van der Waals surface area (Å²) in [5, 5.41) is 6.24. The van der Waals surface area contributed by atoms with E-state index in [0.717, 1.165) is 41.7 Å². The standard InChI is InChI=1S/C19H22N6O3S3/c1-23-6-8-24(9-7-23)31(27,28)14-2-3-15-16(11-14)30-18(21-15)22-17(26)10-13-12-29-19-20-4-5-25(13)19/h2-3,11-12H,4-10H2,1H3,(H,21,22,26). The first-order chi connectivity index (χ1) is 14.9. The quantitative estimate of drug-likeness (QED) is 0.700. The van der Waals surface area contributed by atoms with Crippen LogP contribution in [-0.2, 0) is 14.8 Å². The van der Waals surface area contributed by atoms with Gasteiger partial charge in [0.2, 0.25) is 15.9 Å². The third-order valence-corrected chi connectivity index (χ3v) is 9.28. The second-order valence-corrected chi connectivity index (χ2v) is 11.4. The fourth-order valence-corrected chi connectivity index (χ4v) is 7.14. The Morgan fingerprint density at radius 1 is 1.19 bits per heavy atom. The van der Waals surface area contributed by atoms with Gasteiger partial charge in [-0.1, -0.05) is 23.1 Å². The Bertz CT molecular complexity index is 1200. The van der Waals surface area contributed by atoms with Crippen LogP contribution in [-0.4, -0.2) is 84.9 Å². The molecule has 1 saturated heterocycles. The molecule has 9 nitrogen and oxygen atoms in total. The number of thioether (sulfide) groups is 1. The number of carbonyl (C=O) groups excluding carboxylic acids is 1. The molecule has 31 heavy (non-hydrogen) atoms. The molecule has 0 atom stereocenters. The molecule has 0 bridgehead atoms. The van der Waals surface area contributed by atoms with Gasteiger partial charge in [0, 0.05) is 38.4 Å². The number of nitrogens with zero attached hydrogens (tertiary/aromatic N) is 5. The van der Waals surface area contributed by atoms with E-state index in [4.69, 9.17) is 0 Å². The maximum atomic E-state index is 13.0. The van der Waals surface area contributed by atoms with Gasteiger partial charge in [-0.3, -0.25) is 9.79 Å². The van der Waals surface area contributed by atoms with Crippen molar-refractivity contribution in [2.75, 3.05) is 51.6 Å². The molecule has 1 aromatic heterocycles. The Morgan fingerprint density at radius 3 is 2.81 bits per heavy atom. The summed E-state index contributed by atoms with van der Waals surface area (Å²) in [6.45, 7) is 3.98. The number of rotatable bonds is 5. The average Bonchev–Trinajstić information content (AvgIpc) is 3.44. The number of likely N-dealkylation sites (N-methyl/N-ethyl adjacent to an activating group) is 1. The number of amides is 1. The molecule has 0 aliphatic carbocycles. The summed E-state index contributed by atoms with van der Waals surface area (Å²) in [4.78, 5) is 25.8. The highest BCUT2D eigenvalue weighted by Crippen LogP contribution is 2.32. The van der Waals surface area contributed by atoms with Crippen LogP contribution in [0.4, 0.5) is 5.13 Å². The number of hydrogen-bond donors (Lipinski definition) is 1. The molecule has 0 saturated carbocycles. The summed E-state index contributed by atoms with van der Waals surface area (Å²) in [6.07, 6.45) is 0.255. The molecule has 0 unspecified atom stereocenters. The molecule has 5 rings (SSSR count). The van der Waals surface area contributed by atoms with Crippen LogP contribution in [0.25, 0.3) is 10.2 Å². The van der Waals surface area contributed by atoms with E-state index in [2.05, 4.69) is 25.1 Å². The predicted octanol–water partition coefficient (Wildman–Crippen LogP) is 1.82. The van der Waals surface area contributed by atoms with Gasteiger partial charge in [0.25, 0.3) is 0 Å². The largest absolute Gasteiger partial charge is 0.322 e. The highest BCUT2D eigenvalue weighted by atomic mass is 32.2. The molecule has 164 valence electrons. The Balaban J connectivity index is 1.29. The third kappa shape index (κ3) is 4.10. The van der Waals surface area contributed by atoms with Gasteiger partial charge < -0.3 is 15.1 Å². The van der Waals surface area contributed by atoms with Gasteiger partial charge in [0.1, 0.15) is 0 Å². The summed E-state index contributed by atoms with van der Waals surface area (Å²) in [5.74, 6) is -0.149. The normalized spacial score (nSPS) is 20.1. The number of piperazine rings is 1. The van der Waals surface area contributed by atoms with Crippen molar-refractivity contribution in [2.45, 2.75) is 11.3 Å². The molecule has 1 aromatic carbocycles. The topological polar surface area (TPSA) is 98.2 Å². The van der Waals surface area contributed by atoms with Crippen molar-refractivity contribution >= 4 is 59.5 Å². The van der Waals surface area contributed by atoms with E-state index >= 15 is 0 Å². The van der Waals surface area contributed by atoms with Gasteiger partial charge in [0.15, 0.2) is 10.3 Å². The number of fused-ring (bicyclic) bond motifs is 2. The van der Waals surface area contributed by atoms with Crippen molar-refractivity contribution in [3.8, 4) is 0 Å². The number of carbonyl (C=O) groups is 1. The van der Waals surface area contributed by atoms with Crippen LogP contribution >= 0.6 is 23.1 Å². The summed E-state index contributed by atoms with van der Waals surface area (Å²) in [5.41, 5.74) is 1.61. The van der Waals surface area contributed by atoms with Gasteiger partial charge in [0.05, 0.1) is 28.1 Å². The molecule has 3 aliphatic heterocycles. The maximum absolute atomic E-state index is 13.0. The lowest BCUT2D eigenvalue weighted by Crippen LogP contribution is -2.46. The first-order valence-corrected chi connectivity index (χ1v) is 13.1. The number of aliphatic imine (C=N–C) groups is 1. The molecule has 12 heteroatoms. The fraction of sp³-hybridized carbons (Fsp3) is 0.421. The third-order valence-electron chi connectivity index (χ3n) is 5.50. The van der Waals surface area contributed by atoms with E-state index < -0.39 is 10.0 Å². The van der Waals surface area contributed by atoms with Crippen molar-refractivity contribution in [3.05, 3.63) is 29.3 Å². The number of hydrogen-bond acceptors (Lipinski definition) is 9.